The highest BCUT2D eigenvalue weighted by Gasteiger charge is 2.21. The molecule has 1 aromatic heterocycles. The highest BCUT2D eigenvalue weighted by atomic mass is 16.5. The minimum atomic E-state index is 0.602. The van der Waals surface area contributed by atoms with E-state index < -0.39 is 0 Å². The zero-order chi connectivity index (χ0) is 12.5. The predicted molar refractivity (Wildman–Crippen MR) is 69.1 cm³/mol. The molecule has 0 spiro atoms. The molecule has 3 rings (SSSR count). The first-order chi connectivity index (χ1) is 8.72. The fourth-order valence-corrected chi connectivity index (χ4v) is 1.84. The van der Waals surface area contributed by atoms with Crippen molar-refractivity contribution < 1.29 is 4.52 Å². The average Bonchev–Trinajstić information content (AvgIpc) is 3.08. The van der Waals surface area contributed by atoms with Crippen LogP contribution in [0.3, 0.4) is 0 Å². The van der Waals surface area contributed by atoms with Crippen molar-refractivity contribution >= 4 is 0 Å². The van der Waals surface area contributed by atoms with Crippen molar-refractivity contribution in [1.29, 1.82) is 0 Å². The van der Waals surface area contributed by atoms with Gasteiger partial charge in [-0.15, -0.1) is 0 Å². The Balaban J connectivity index is 1.76. The molecule has 0 amide bonds. The molecule has 0 radical (unpaired) electrons. The smallest absolute Gasteiger partial charge is 0.257 e. The van der Waals surface area contributed by atoms with Gasteiger partial charge in [-0.1, -0.05) is 11.2 Å². The molecule has 1 aliphatic carbocycles. The number of hydrogen-bond donors (Lipinski definition) is 1. The monoisotopic (exact) mass is 243 g/mol. The van der Waals surface area contributed by atoms with Gasteiger partial charge in [0.15, 0.2) is 5.82 Å². The van der Waals surface area contributed by atoms with Crippen LogP contribution < -0.4 is 5.32 Å². The number of rotatable bonds is 4. The van der Waals surface area contributed by atoms with Crippen molar-refractivity contribution in [2.75, 3.05) is 0 Å². The summed E-state index contributed by atoms with van der Waals surface area (Å²) in [7, 11) is 0. The normalized spacial score (nSPS) is 15.0. The summed E-state index contributed by atoms with van der Waals surface area (Å²) in [6.07, 6.45) is 2.53. The van der Waals surface area contributed by atoms with Crippen molar-refractivity contribution in [2.24, 2.45) is 0 Å². The summed E-state index contributed by atoms with van der Waals surface area (Å²) in [5.41, 5.74) is 3.50. The van der Waals surface area contributed by atoms with Crippen LogP contribution in [-0.2, 0) is 6.54 Å². The third-order valence-corrected chi connectivity index (χ3v) is 3.35. The van der Waals surface area contributed by atoms with Crippen LogP contribution in [0, 0.1) is 13.8 Å². The fourth-order valence-electron chi connectivity index (χ4n) is 1.84. The van der Waals surface area contributed by atoms with Gasteiger partial charge in [-0.2, -0.15) is 4.98 Å². The molecule has 4 heteroatoms. The first kappa shape index (κ1) is 11.4. The second-order valence-corrected chi connectivity index (χ2v) is 4.97. The van der Waals surface area contributed by atoms with E-state index in [1.54, 1.807) is 0 Å². The minimum Gasteiger partial charge on any atom is -0.334 e. The lowest BCUT2D eigenvalue weighted by Gasteiger charge is -2.00. The molecule has 4 nitrogen and oxygen atoms in total. The number of hydrogen-bond acceptors (Lipinski definition) is 4. The Labute approximate surface area is 106 Å². The molecule has 0 saturated heterocycles. The van der Waals surface area contributed by atoms with Crippen LogP contribution in [0.2, 0.25) is 0 Å². The third-order valence-electron chi connectivity index (χ3n) is 3.35. The van der Waals surface area contributed by atoms with Crippen LogP contribution in [-0.4, -0.2) is 16.2 Å². The summed E-state index contributed by atoms with van der Waals surface area (Å²) in [4.78, 5) is 4.41. The highest BCUT2D eigenvalue weighted by molar-refractivity contribution is 5.55. The molecule has 0 atom stereocenters. The van der Waals surface area contributed by atoms with E-state index in [1.165, 1.54) is 24.0 Å². The molecule has 1 saturated carbocycles. The molecule has 18 heavy (non-hydrogen) atoms. The van der Waals surface area contributed by atoms with E-state index in [1.807, 2.05) is 6.07 Å². The average molecular weight is 243 g/mol. The summed E-state index contributed by atoms with van der Waals surface area (Å²) in [5, 5.41) is 7.37. The Bertz CT molecular complexity index is 558. The zero-order valence-electron chi connectivity index (χ0n) is 10.7. The fraction of sp³-hybridized carbons (Fsp3) is 0.429. The molecule has 1 N–H and O–H groups in total. The standard InChI is InChI=1S/C14H17N3O/c1-9-3-4-11(7-10(9)2)14-16-13(17-18-14)8-15-12-5-6-12/h3-4,7,12,15H,5-6,8H2,1-2H3. The van der Waals surface area contributed by atoms with Gasteiger partial charge in [-0.3, -0.25) is 0 Å². The largest absolute Gasteiger partial charge is 0.334 e. The van der Waals surface area contributed by atoms with E-state index in [4.69, 9.17) is 4.52 Å². The van der Waals surface area contributed by atoms with Crippen LogP contribution >= 0.6 is 0 Å². The Morgan fingerprint density at radius 3 is 2.83 bits per heavy atom. The molecule has 1 aliphatic rings. The molecule has 0 unspecified atom stereocenters. The van der Waals surface area contributed by atoms with E-state index in [0.29, 0.717) is 18.5 Å². The molecule has 0 aliphatic heterocycles. The lowest BCUT2D eigenvalue weighted by atomic mass is 10.1. The molecular formula is C14H17N3O. The second kappa shape index (κ2) is 4.53. The van der Waals surface area contributed by atoms with E-state index in [0.717, 1.165) is 11.4 Å². The van der Waals surface area contributed by atoms with Gasteiger partial charge in [-0.25, -0.2) is 0 Å². The zero-order valence-corrected chi connectivity index (χ0v) is 10.7. The van der Waals surface area contributed by atoms with Gasteiger partial charge in [0.1, 0.15) is 0 Å². The number of nitrogens with one attached hydrogen (secondary N) is 1. The summed E-state index contributed by atoms with van der Waals surface area (Å²) < 4.78 is 5.30. The Hall–Kier alpha value is -1.68. The van der Waals surface area contributed by atoms with Crippen molar-refractivity contribution in [3.63, 3.8) is 0 Å². The molecule has 1 fully saturated rings. The van der Waals surface area contributed by atoms with Gasteiger partial charge in [0.2, 0.25) is 0 Å². The Kier molecular flexibility index (Phi) is 2.88. The quantitative estimate of drug-likeness (QED) is 0.896. The first-order valence-electron chi connectivity index (χ1n) is 6.36. The maximum absolute atomic E-state index is 5.30. The summed E-state index contributed by atoms with van der Waals surface area (Å²) in [6, 6.07) is 6.85. The van der Waals surface area contributed by atoms with Crippen LogP contribution in [0.25, 0.3) is 11.5 Å². The summed E-state index contributed by atoms with van der Waals surface area (Å²) in [5.74, 6) is 1.33. The van der Waals surface area contributed by atoms with E-state index in [-0.39, 0.29) is 0 Å². The van der Waals surface area contributed by atoms with Crippen molar-refractivity contribution in [3.05, 3.63) is 35.2 Å². The lowest BCUT2D eigenvalue weighted by molar-refractivity contribution is 0.419. The molecule has 1 heterocycles. The molecule has 2 aromatic rings. The predicted octanol–water partition coefficient (Wildman–Crippen LogP) is 2.61. The van der Waals surface area contributed by atoms with E-state index in [2.05, 4.69) is 41.4 Å². The topological polar surface area (TPSA) is 51.0 Å². The Morgan fingerprint density at radius 1 is 1.28 bits per heavy atom. The number of benzene rings is 1. The second-order valence-electron chi connectivity index (χ2n) is 4.97. The van der Waals surface area contributed by atoms with Crippen molar-refractivity contribution in [3.8, 4) is 11.5 Å². The summed E-state index contributed by atoms with van der Waals surface area (Å²) in [6.45, 7) is 4.88. The maximum atomic E-state index is 5.30. The number of aryl methyl sites for hydroxylation is 2. The van der Waals surface area contributed by atoms with Crippen LogP contribution in [0.1, 0.15) is 29.8 Å². The summed E-state index contributed by atoms with van der Waals surface area (Å²) >= 11 is 0. The van der Waals surface area contributed by atoms with Gasteiger partial charge in [0, 0.05) is 11.6 Å². The van der Waals surface area contributed by atoms with Crippen LogP contribution in [0.15, 0.2) is 22.7 Å². The van der Waals surface area contributed by atoms with Crippen molar-refractivity contribution in [2.45, 2.75) is 39.3 Å². The third kappa shape index (κ3) is 2.43. The van der Waals surface area contributed by atoms with Gasteiger partial charge < -0.3 is 9.84 Å². The van der Waals surface area contributed by atoms with Gasteiger partial charge in [0.05, 0.1) is 6.54 Å². The van der Waals surface area contributed by atoms with E-state index in [9.17, 15) is 0 Å². The van der Waals surface area contributed by atoms with Gasteiger partial charge >= 0.3 is 0 Å². The van der Waals surface area contributed by atoms with Gasteiger partial charge in [0.25, 0.3) is 5.89 Å². The van der Waals surface area contributed by atoms with Crippen molar-refractivity contribution in [1.82, 2.24) is 15.5 Å². The SMILES string of the molecule is Cc1ccc(-c2nc(CNC3CC3)no2)cc1C. The van der Waals surface area contributed by atoms with Gasteiger partial charge in [-0.05, 0) is 49.9 Å². The molecule has 0 bridgehead atoms. The minimum absolute atomic E-state index is 0.602. The lowest BCUT2D eigenvalue weighted by Crippen LogP contribution is -2.16. The van der Waals surface area contributed by atoms with Crippen LogP contribution in [0.4, 0.5) is 0 Å². The van der Waals surface area contributed by atoms with Crippen LogP contribution in [0.5, 0.6) is 0 Å². The number of nitrogens with zero attached hydrogens (tertiary/aromatic N) is 2. The number of aromatic nitrogens is 2. The molecule has 94 valence electrons. The van der Waals surface area contributed by atoms with E-state index >= 15 is 0 Å². The molecular weight excluding hydrogens is 226 g/mol. The first-order valence-corrected chi connectivity index (χ1v) is 6.36. The molecule has 1 aromatic carbocycles. The maximum Gasteiger partial charge on any atom is 0.257 e. The Morgan fingerprint density at radius 2 is 2.11 bits per heavy atom. The highest BCUT2D eigenvalue weighted by Crippen LogP contribution is 2.21.